The number of hydrogen-bond donors (Lipinski definition) is 2. The lowest BCUT2D eigenvalue weighted by Crippen LogP contribution is -2.40. The maximum atomic E-state index is 11.1. The average molecular weight is 258 g/mol. The minimum Gasteiger partial charge on any atom is -0.375 e. The van der Waals surface area contributed by atoms with Crippen molar-refractivity contribution >= 4 is 21.8 Å². The third-order valence-electron chi connectivity index (χ3n) is 2.22. The second-order valence-corrected chi connectivity index (χ2v) is 4.00. The molecule has 0 spiro atoms. The van der Waals surface area contributed by atoms with Crippen molar-refractivity contribution in [2.75, 3.05) is 0 Å². The van der Waals surface area contributed by atoms with Crippen molar-refractivity contribution in [3.05, 3.63) is 34.3 Å². The summed E-state index contributed by atoms with van der Waals surface area (Å²) in [5.74, 6) is -0.724. The van der Waals surface area contributed by atoms with Crippen LogP contribution in [0.25, 0.3) is 0 Å². The van der Waals surface area contributed by atoms with Crippen molar-refractivity contribution in [2.45, 2.75) is 18.9 Å². The largest absolute Gasteiger partial charge is 0.375 e. The lowest BCUT2D eigenvalue weighted by molar-refractivity contribution is -0.137. The second-order valence-electron chi connectivity index (χ2n) is 3.09. The van der Waals surface area contributed by atoms with Gasteiger partial charge in [0.15, 0.2) is 5.60 Å². The van der Waals surface area contributed by atoms with E-state index in [1.807, 2.05) is 6.07 Å². The van der Waals surface area contributed by atoms with Crippen molar-refractivity contribution < 1.29 is 9.90 Å². The molecule has 1 aromatic carbocycles. The minimum atomic E-state index is -1.57. The Kier molecular flexibility index (Phi) is 3.29. The van der Waals surface area contributed by atoms with Gasteiger partial charge in [-0.1, -0.05) is 35.0 Å². The molecule has 1 unspecified atom stereocenters. The van der Waals surface area contributed by atoms with E-state index in [0.29, 0.717) is 5.56 Å². The predicted molar refractivity (Wildman–Crippen MR) is 57.5 cm³/mol. The lowest BCUT2D eigenvalue weighted by atomic mass is 9.91. The summed E-state index contributed by atoms with van der Waals surface area (Å²) < 4.78 is 0.808. The molecule has 1 aromatic rings. The fourth-order valence-corrected chi connectivity index (χ4v) is 1.67. The van der Waals surface area contributed by atoms with Crippen LogP contribution in [0.3, 0.4) is 0 Å². The topological polar surface area (TPSA) is 63.3 Å². The molecule has 0 bridgehead atoms. The van der Waals surface area contributed by atoms with E-state index in [9.17, 15) is 9.90 Å². The number of carbonyl (C=O) groups is 1. The van der Waals surface area contributed by atoms with E-state index in [-0.39, 0.29) is 6.42 Å². The molecule has 0 radical (unpaired) electrons. The van der Waals surface area contributed by atoms with Crippen LogP contribution in [0.4, 0.5) is 0 Å². The van der Waals surface area contributed by atoms with Crippen molar-refractivity contribution in [3.63, 3.8) is 0 Å². The Morgan fingerprint density at radius 1 is 1.64 bits per heavy atom. The maximum Gasteiger partial charge on any atom is 0.254 e. The summed E-state index contributed by atoms with van der Waals surface area (Å²) in [6.07, 6.45) is 0.263. The zero-order chi connectivity index (χ0) is 10.8. The van der Waals surface area contributed by atoms with Crippen molar-refractivity contribution in [1.29, 1.82) is 0 Å². The Balaban J connectivity index is 3.19. The Hall–Kier alpha value is -0.870. The molecule has 0 saturated carbocycles. The maximum absolute atomic E-state index is 11.1. The first-order chi connectivity index (χ1) is 6.50. The first kappa shape index (κ1) is 11.2. The van der Waals surface area contributed by atoms with Crippen LogP contribution in [0, 0.1) is 0 Å². The molecule has 1 rings (SSSR count). The van der Waals surface area contributed by atoms with Crippen LogP contribution in [0.15, 0.2) is 28.7 Å². The highest BCUT2D eigenvalue weighted by Gasteiger charge is 2.33. The van der Waals surface area contributed by atoms with Crippen LogP contribution in [-0.2, 0) is 10.4 Å². The highest BCUT2D eigenvalue weighted by molar-refractivity contribution is 9.10. The number of aliphatic hydroxyl groups is 1. The zero-order valence-electron chi connectivity index (χ0n) is 7.83. The normalized spacial score (nSPS) is 14.8. The van der Waals surface area contributed by atoms with E-state index in [2.05, 4.69) is 15.9 Å². The summed E-state index contributed by atoms with van der Waals surface area (Å²) in [5, 5.41) is 10.00. The van der Waals surface area contributed by atoms with Gasteiger partial charge in [-0.25, -0.2) is 0 Å². The quantitative estimate of drug-likeness (QED) is 0.863. The highest BCUT2D eigenvalue weighted by Crippen LogP contribution is 2.26. The zero-order valence-corrected chi connectivity index (χ0v) is 9.41. The smallest absolute Gasteiger partial charge is 0.254 e. The van der Waals surface area contributed by atoms with Crippen molar-refractivity contribution in [3.8, 4) is 0 Å². The van der Waals surface area contributed by atoms with Crippen LogP contribution >= 0.6 is 15.9 Å². The molecule has 0 aromatic heterocycles. The fraction of sp³-hybridized carbons (Fsp3) is 0.300. The van der Waals surface area contributed by atoms with Gasteiger partial charge in [-0.05, 0) is 24.1 Å². The van der Waals surface area contributed by atoms with Crippen LogP contribution in [-0.4, -0.2) is 11.0 Å². The van der Waals surface area contributed by atoms with E-state index in [1.165, 1.54) is 0 Å². The molecule has 0 fully saturated rings. The number of amides is 1. The molecule has 76 valence electrons. The predicted octanol–water partition coefficient (Wildman–Crippen LogP) is 1.53. The van der Waals surface area contributed by atoms with Gasteiger partial charge in [-0.15, -0.1) is 0 Å². The Labute approximate surface area is 91.1 Å². The number of nitrogens with two attached hydrogens (primary N) is 1. The summed E-state index contributed by atoms with van der Waals surface area (Å²) in [6.45, 7) is 1.71. The number of carbonyl (C=O) groups excluding carboxylic acids is 1. The van der Waals surface area contributed by atoms with E-state index >= 15 is 0 Å². The van der Waals surface area contributed by atoms with Gasteiger partial charge in [0.05, 0.1) is 0 Å². The third-order valence-corrected chi connectivity index (χ3v) is 2.71. The van der Waals surface area contributed by atoms with Crippen molar-refractivity contribution in [2.24, 2.45) is 5.73 Å². The van der Waals surface area contributed by atoms with Gasteiger partial charge in [-0.3, -0.25) is 4.79 Å². The van der Waals surface area contributed by atoms with Crippen LogP contribution < -0.4 is 5.73 Å². The molecule has 4 heteroatoms. The summed E-state index contributed by atoms with van der Waals surface area (Å²) in [4.78, 5) is 11.1. The third kappa shape index (κ3) is 1.96. The average Bonchev–Trinajstić information content (AvgIpc) is 2.16. The van der Waals surface area contributed by atoms with Crippen LogP contribution in [0.2, 0.25) is 0 Å². The Morgan fingerprint density at radius 2 is 2.29 bits per heavy atom. The monoisotopic (exact) mass is 257 g/mol. The molecule has 1 amide bonds. The molecule has 0 aliphatic carbocycles. The van der Waals surface area contributed by atoms with E-state index in [0.717, 1.165) is 4.47 Å². The lowest BCUT2D eigenvalue weighted by Gasteiger charge is -2.23. The molecule has 1 atom stereocenters. The van der Waals surface area contributed by atoms with Gasteiger partial charge >= 0.3 is 0 Å². The molecule has 3 N–H and O–H groups in total. The van der Waals surface area contributed by atoms with E-state index in [4.69, 9.17) is 5.73 Å². The van der Waals surface area contributed by atoms with Gasteiger partial charge in [0.25, 0.3) is 5.91 Å². The number of hydrogen-bond acceptors (Lipinski definition) is 2. The second kappa shape index (κ2) is 4.11. The van der Waals surface area contributed by atoms with Gasteiger partial charge < -0.3 is 10.8 Å². The van der Waals surface area contributed by atoms with Crippen LogP contribution in [0.5, 0.6) is 0 Å². The standard InChI is InChI=1S/C10H12BrNO2/c1-2-10(14,9(12)13)7-4-3-5-8(11)6-7/h3-6,14H,2H2,1H3,(H2,12,13). The van der Waals surface area contributed by atoms with Gasteiger partial charge in [0, 0.05) is 4.47 Å². The molecule has 0 saturated heterocycles. The fourth-order valence-electron chi connectivity index (χ4n) is 1.27. The Morgan fingerprint density at radius 3 is 2.71 bits per heavy atom. The molecule has 0 aliphatic rings. The highest BCUT2D eigenvalue weighted by atomic mass is 79.9. The first-order valence-corrected chi connectivity index (χ1v) is 5.08. The van der Waals surface area contributed by atoms with Crippen LogP contribution in [0.1, 0.15) is 18.9 Å². The van der Waals surface area contributed by atoms with Crippen molar-refractivity contribution in [1.82, 2.24) is 0 Å². The summed E-state index contributed by atoms with van der Waals surface area (Å²) in [6, 6.07) is 6.94. The SMILES string of the molecule is CCC(O)(C(N)=O)c1cccc(Br)c1. The van der Waals surface area contributed by atoms with Gasteiger partial charge in [0.1, 0.15) is 0 Å². The summed E-state index contributed by atoms with van der Waals surface area (Å²) in [5.41, 5.74) is 4.11. The van der Waals surface area contributed by atoms with E-state index in [1.54, 1.807) is 25.1 Å². The molecule has 0 aliphatic heterocycles. The summed E-state index contributed by atoms with van der Waals surface area (Å²) in [7, 11) is 0. The number of benzene rings is 1. The molecule has 3 nitrogen and oxygen atoms in total. The van der Waals surface area contributed by atoms with E-state index < -0.39 is 11.5 Å². The Bertz CT molecular complexity index is 354. The number of rotatable bonds is 3. The first-order valence-electron chi connectivity index (χ1n) is 4.29. The molecule has 0 heterocycles. The number of halogens is 1. The molecular formula is C10H12BrNO2. The summed E-state index contributed by atoms with van der Waals surface area (Å²) >= 11 is 3.27. The minimum absolute atomic E-state index is 0.263. The number of primary amides is 1. The van der Waals surface area contributed by atoms with Gasteiger partial charge in [0.2, 0.25) is 0 Å². The molecular weight excluding hydrogens is 246 g/mol. The van der Waals surface area contributed by atoms with Gasteiger partial charge in [-0.2, -0.15) is 0 Å². The molecule has 14 heavy (non-hydrogen) atoms.